The van der Waals surface area contributed by atoms with Crippen molar-refractivity contribution < 1.29 is 4.79 Å². The Kier molecular flexibility index (Phi) is 5.97. The molecular formula is C14H19Cl2NO. The lowest BCUT2D eigenvalue weighted by Crippen LogP contribution is -2.27. The van der Waals surface area contributed by atoms with Gasteiger partial charge in [0.15, 0.2) is 5.78 Å². The van der Waals surface area contributed by atoms with Crippen LogP contribution in [0.3, 0.4) is 0 Å². The Morgan fingerprint density at radius 3 is 2.17 bits per heavy atom. The molecular weight excluding hydrogens is 269 g/mol. The third-order valence-corrected chi connectivity index (χ3v) is 3.22. The summed E-state index contributed by atoms with van der Waals surface area (Å²) in [4.78, 5) is 13.9. The van der Waals surface area contributed by atoms with Gasteiger partial charge in [-0.1, -0.05) is 37.0 Å². The number of hydrogen-bond donors (Lipinski definition) is 0. The maximum absolute atomic E-state index is 11.7. The number of carbonyl (C=O) groups is 1. The monoisotopic (exact) mass is 287 g/mol. The fourth-order valence-corrected chi connectivity index (χ4v) is 2.64. The zero-order valence-electron chi connectivity index (χ0n) is 11.1. The normalized spacial score (nSPS) is 10.5. The van der Waals surface area contributed by atoms with E-state index in [9.17, 15) is 4.79 Å². The lowest BCUT2D eigenvalue weighted by molar-refractivity contribution is 0.101. The number of rotatable bonds is 6. The molecule has 0 fully saturated rings. The number of nitrogens with zero attached hydrogens (tertiary/aromatic N) is 1. The van der Waals surface area contributed by atoms with Crippen molar-refractivity contribution in [3.8, 4) is 0 Å². The van der Waals surface area contributed by atoms with E-state index in [0.717, 1.165) is 31.6 Å². The summed E-state index contributed by atoms with van der Waals surface area (Å²) in [6.45, 7) is 7.53. The second-order valence-corrected chi connectivity index (χ2v) is 5.17. The van der Waals surface area contributed by atoms with Crippen molar-refractivity contribution in [3.05, 3.63) is 27.7 Å². The van der Waals surface area contributed by atoms with Gasteiger partial charge in [0, 0.05) is 23.7 Å². The number of benzene rings is 1. The first-order chi connectivity index (χ1) is 8.51. The van der Waals surface area contributed by atoms with Crippen molar-refractivity contribution in [1.82, 2.24) is 0 Å². The second-order valence-electron chi connectivity index (χ2n) is 4.33. The first-order valence-corrected chi connectivity index (χ1v) is 7.01. The predicted octanol–water partition coefficient (Wildman–Crippen LogP) is 4.82. The van der Waals surface area contributed by atoms with Gasteiger partial charge in [0.05, 0.1) is 10.7 Å². The molecule has 0 aromatic heterocycles. The van der Waals surface area contributed by atoms with Gasteiger partial charge >= 0.3 is 0 Å². The van der Waals surface area contributed by atoms with Crippen LogP contribution < -0.4 is 4.90 Å². The summed E-state index contributed by atoms with van der Waals surface area (Å²) in [6, 6.07) is 3.40. The highest BCUT2D eigenvalue weighted by Crippen LogP contribution is 2.34. The number of anilines is 1. The predicted molar refractivity (Wildman–Crippen MR) is 79.3 cm³/mol. The first-order valence-electron chi connectivity index (χ1n) is 6.26. The van der Waals surface area contributed by atoms with Gasteiger partial charge in [-0.15, -0.1) is 0 Å². The molecule has 2 nitrogen and oxygen atoms in total. The first kappa shape index (κ1) is 15.3. The third kappa shape index (κ3) is 3.63. The van der Waals surface area contributed by atoms with Crippen LogP contribution in [0.4, 0.5) is 5.69 Å². The standard InChI is InChI=1S/C14H19Cl2NO/c1-4-6-17(7-5-2)14-12(10(3)18)8-11(15)9-13(14)16/h8-9H,4-7H2,1-3H3. The van der Waals surface area contributed by atoms with Crippen LogP contribution in [0.1, 0.15) is 44.0 Å². The largest absolute Gasteiger partial charge is 0.370 e. The Labute approximate surface area is 119 Å². The fraction of sp³-hybridized carbons (Fsp3) is 0.500. The summed E-state index contributed by atoms with van der Waals surface area (Å²) in [5.41, 5.74) is 1.42. The van der Waals surface area contributed by atoms with Crippen LogP contribution in [-0.2, 0) is 0 Å². The molecule has 100 valence electrons. The van der Waals surface area contributed by atoms with E-state index in [-0.39, 0.29) is 5.78 Å². The molecule has 0 amide bonds. The molecule has 0 aliphatic carbocycles. The van der Waals surface area contributed by atoms with E-state index >= 15 is 0 Å². The Hall–Kier alpha value is -0.730. The molecule has 0 spiro atoms. The van der Waals surface area contributed by atoms with Crippen LogP contribution in [0.5, 0.6) is 0 Å². The van der Waals surface area contributed by atoms with E-state index in [1.807, 2.05) is 0 Å². The van der Waals surface area contributed by atoms with E-state index in [1.165, 1.54) is 0 Å². The highest BCUT2D eigenvalue weighted by atomic mass is 35.5. The zero-order valence-corrected chi connectivity index (χ0v) is 12.6. The van der Waals surface area contributed by atoms with Gasteiger partial charge in [-0.05, 0) is 31.9 Å². The van der Waals surface area contributed by atoms with Gasteiger partial charge in [-0.3, -0.25) is 4.79 Å². The minimum atomic E-state index is -0.00777. The lowest BCUT2D eigenvalue weighted by Gasteiger charge is -2.27. The molecule has 0 saturated carbocycles. The number of ketones is 1. The van der Waals surface area contributed by atoms with Gasteiger partial charge < -0.3 is 4.90 Å². The Morgan fingerprint density at radius 2 is 1.72 bits per heavy atom. The molecule has 0 bridgehead atoms. The van der Waals surface area contributed by atoms with Crippen molar-refractivity contribution >= 4 is 34.7 Å². The summed E-state index contributed by atoms with van der Waals surface area (Å²) in [6.07, 6.45) is 2.02. The average molecular weight is 288 g/mol. The molecule has 0 aliphatic rings. The van der Waals surface area contributed by atoms with Crippen LogP contribution in [0.25, 0.3) is 0 Å². The van der Waals surface area contributed by atoms with Gasteiger partial charge in [-0.2, -0.15) is 0 Å². The van der Waals surface area contributed by atoms with Gasteiger partial charge in [0.2, 0.25) is 0 Å². The summed E-state index contributed by atoms with van der Waals surface area (Å²) in [7, 11) is 0. The number of Topliss-reactive ketones (excluding diaryl/α,β-unsaturated/α-hetero) is 1. The number of hydrogen-bond acceptors (Lipinski definition) is 2. The molecule has 0 unspecified atom stereocenters. The van der Waals surface area contributed by atoms with Gasteiger partial charge in [-0.25, -0.2) is 0 Å². The number of carbonyl (C=O) groups excluding carboxylic acids is 1. The van der Waals surface area contributed by atoms with Crippen molar-refractivity contribution in [2.24, 2.45) is 0 Å². The molecule has 0 aliphatic heterocycles. The molecule has 0 heterocycles. The van der Waals surface area contributed by atoms with Crippen molar-refractivity contribution in [1.29, 1.82) is 0 Å². The highest BCUT2D eigenvalue weighted by Gasteiger charge is 2.17. The summed E-state index contributed by atoms with van der Waals surface area (Å²) in [5, 5.41) is 1.05. The van der Waals surface area contributed by atoms with E-state index in [0.29, 0.717) is 15.6 Å². The van der Waals surface area contributed by atoms with Crippen molar-refractivity contribution in [2.45, 2.75) is 33.6 Å². The van der Waals surface area contributed by atoms with E-state index < -0.39 is 0 Å². The molecule has 0 N–H and O–H groups in total. The minimum absolute atomic E-state index is 0.00777. The van der Waals surface area contributed by atoms with E-state index in [4.69, 9.17) is 23.2 Å². The molecule has 18 heavy (non-hydrogen) atoms. The molecule has 1 rings (SSSR count). The van der Waals surface area contributed by atoms with Crippen LogP contribution in [0.2, 0.25) is 10.0 Å². The lowest BCUT2D eigenvalue weighted by atomic mass is 10.1. The third-order valence-electron chi connectivity index (χ3n) is 2.71. The molecule has 0 atom stereocenters. The van der Waals surface area contributed by atoms with Crippen LogP contribution in [-0.4, -0.2) is 18.9 Å². The maximum atomic E-state index is 11.7. The smallest absolute Gasteiger partial charge is 0.161 e. The maximum Gasteiger partial charge on any atom is 0.161 e. The summed E-state index contributed by atoms with van der Waals surface area (Å²) in [5.74, 6) is -0.00777. The second kappa shape index (κ2) is 7.01. The van der Waals surface area contributed by atoms with E-state index in [1.54, 1.807) is 19.1 Å². The average Bonchev–Trinajstić information content (AvgIpc) is 2.27. The molecule has 1 aromatic rings. The minimum Gasteiger partial charge on any atom is -0.370 e. The molecule has 4 heteroatoms. The Balaban J connectivity index is 3.30. The van der Waals surface area contributed by atoms with Gasteiger partial charge in [0.1, 0.15) is 0 Å². The Bertz CT molecular complexity index is 426. The molecule has 0 saturated heterocycles. The topological polar surface area (TPSA) is 20.3 Å². The van der Waals surface area contributed by atoms with Gasteiger partial charge in [0.25, 0.3) is 0 Å². The highest BCUT2D eigenvalue weighted by molar-refractivity contribution is 6.37. The molecule has 1 aromatic carbocycles. The Morgan fingerprint density at radius 1 is 1.17 bits per heavy atom. The van der Waals surface area contributed by atoms with Crippen LogP contribution >= 0.6 is 23.2 Å². The zero-order chi connectivity index (χ0) is 13.7. The van der Waals surface area contributed by atoms with E-state index in [2.05, 4.69) is 18.7 Å². The summed E-state index contributed by atoms with van der Waals surface area (Å²) >= 11 is 12.2. The molecule has 0 radical (unpaired) electrons. The SMILES string of the molecule is CCCN(CCC)c1c(Cl)cc(Cl)cc1C(C)=O. The quantitative estimate of drug-likeness (QED) is 0.699. The van der Waals surface area contributed by atoms with Crippen molar-refractivity contribution in [3.63, 3.8) is 0 Å². The van der Waals surface area contributed by atoms with Crippen LogP contribution in [0.15, 0.2) is 12.1 Å². The van der Waals surface area contributed by atoms with Crippen LogP contribution in [0, 0.1) is 0 Å². The number of halogens is 2. The summed E-state index contributed by atoms with van der Waals surface area (Å²) < 4.78 is 0. The fourth-order valence-electron chi connectivity index (χ4n) is 2.03. The van der Waals surface area contributed by atoms with Crippen molar-refractivity contribution in [2.75, 3.05) is 18.0 Å².